The predicted molar refractivity (Wildman–Crippen MR) is 189 cm³/mol. The number of rotatable bonds is 16. The lowest BCUT2D eigenvalue weighted by Gasteiger charge is -2.41. The molecule has 2 atom stereocenters. The van der Waals surface area contributed by atoms with Crippen molar-refractivity contribution in [1.82, 2.24) is 20.4 Å². The van der Waals surface area contributed by atoms with Crippen LogP contribution in [0.15, 0.2) is 72.8 Å². The van der Waals surface area contributed by atoms with Crippen LogP contribution in [0.3, 0.4) is 0 Å². The molecule has 15 heteroatoms. The number of aliphatic carboxylic acids is 1. The number of ether oxygens (including phenoxy) is 1. The number of carbonyl (C=O) groups excluding carboxylic acids is 4. The van der Waals surface area contributed by atoms with Crippen molar-refractivity contribution < 1.29 is 33.8 Å². The van der Waals surface area contributed by atoms with Gasteiger partial charge in [0, 0.05) is 48.3 Å². The van der Waals surface area contributed by atoms with Gasteiger partial charge in [0.2, 0.25) is 11.8 Å². The van der Waals surface area contributed by atoms with Gasteiger partial charge in [-0.3, -0.25) is 34.8 Å². The largest absolute Gasteiger partial charge is 0.497 e. The van der Waals surface area contributed by atoms with Crippen LogP contribution in [-0.4, -0.2) is 102 Å². The summed E-state index contributed by atoms with van der Waals surface area (Å²) in [5.74, 6) is -2.72. The van der Waals surface area contributed by atoms with E-state index < -0.39 is 42.3 Å². The van der Waals surface area contributed by atoms with E-state index in [-0.39, 0.29) is 55.6 Å². The first-order valence-electron chi connectivity index (χ1n) is 16.3. The smallest absolute Gasteiger partial charge is 0.323 e. The first-order valence-corrected chi connectivity index (χ1v) is 16.3. The van der Waals surface area contributed by atoms with E-state index in [0.717, 1.165) is 5.56 Å². The van der Waals surface area contributed by atoms with Crippen LogP contribution in [0, 0.1) is 10.8 Å². The molecule has 9 N–H and O–H groups in total. The molecule has 1 unspecified atom stereocenters. The lowest BCUT2D eigenvalue weighted by molar-refractivity contribution is -0.156. The van der Waals surface area contributed by atoms with Crippen molar-refractivity contribution in [2.75, 3.05) is 33.3 Å². The van der Waals surface area contributed by atoms with Gasteiger partial charge in [-0.1, -0.05) is 36.4 Å². The Labute approximate surface area is 294 Å². The van der Waals surface area contributed by atoms with Crippen LogP contribution in [0.1, 0.15) is 56.7 Å². The number of nitrogens with one attached hydrogen (secondary N) is 4. The summed E-state index contributed by atoms with van der Waals surface area (Å²) < 4.78 is 5.24. The van der Waals surface area contributed by atoms with Gasteiger partial charge in [0.05, 0.1) is 7.11 Å². The van der Waals surface area contributed by atoms with Gasteiger partial charge in [-0.05, 0) is 61.2 Å². The molecule has 1 aliphatic heterocycles. The molecule has 0 aliphatic carbocycles. The lowest BCUT2D eigenvalue weighted by atomic mass is 9.99. The summed E-state index contributed by atoms with van der Waals surface area (Å²) in [6, 6.07) is 17.3. The third-order valence-corrected chi connectivity index (χ3v) is 8.50. The Balaban J connectivity index is 1.50. The van der Waals surface area contributed by atoms with Crippen molar-refractivity contribution in [3.05, 3.63) is 101 Å². The van der Waals surface area contributed by atoms with Crippen molar-refractivity contribution in [1.29, 1.82) is 10.8 Å². The normalized spacial score (nSPS) is 14.7. The van der Waals surface area contributed by atoms with E-state index in [1.807, 2.05) is 0 Å². The number of unbranched alkanes of at least 4 members (excludes halogenated alkanes) is 1. The molecule has 0 aromatic heterocycles. The Morgan fingerprint density at radius 3 is 1.92 bits per heavy atom. The standard InChI is InChI=1S/C36H42N8O7/c1-51-27-15-5-22(6-16-27)20-28(42-34(48)26-13-9-24(10-14-26)32(39)40)35(49)44-19-18-43(21-30(45)46)36(50)29(44)4-2-3-17-41-33(47)25-11-7-23(8-12-25)31(37)38/h5-16,28-29H,2-4,17-21H2,1H3,(H3,37,38)(H3,39,40)(H,41,47)(H,42,48)(H,45,46)/t28?,29-/m0/s1. The molecular weight excluding hydrogens is 656 g/mol. The van der Waals surface area contributed by atoms with Crippen LogP contribution < -0.4 is 26.8 Å². The number of amides is 4. The SMILES string of the molecule is COc1ccc(CC(NC(=O)c2ccc(C(=N)N)cc2)C(=O)N2CCN(CC(=O)O)C(=O)[C@@H]2CCCCNC(=O)c2ccc(C(=N)N)cc2)cc1. The molecule has 4 amide bonds. The van der Waals surface area contributed by atoms with Gasteiger partial charge < -0.3 is 41.7 Å². The van der Waals surface area contributed by atoms with E-state index in [4.69, 9.17) is 27.0 Å². The Morgan fingerprint density at radius 1 is 0.843 bits per heavy atom. The van der Waals surface area contributed by atoms with Gasteiger partial charge in [-0.25, -0.2) is 0 Å². The van der Waals surface area contributed by atoms with Gasteiger partial charge in [0.1, 0.15) is 36.0 Å². The molecule has 1 saturated heterocycles. The number of methoxy groups -OCH3 is 1. The number of carbonyl (C=O) groups is 5. The zero-order valence-electron chi connectivity index (χ0n) is 28.2. The van der Waals surface area contributed by atoms with Crippen molar-refractivity contribution in [3.63, 3.8) is 0 Å². The number of nitrogens with zero attached hydrogens (tertiary/aromatic N) is 2. The molecule has 0 bridgehead atoms. The third-order valence-electron chi connectivity index (χ3n) is 8.50. The van der Waals surface area contributed by atoms with Crippen LogP contribution in [-0.2, 0) is 20.8 Å². The molecule has 0 saturated carbocycles. The Kier molecular flexibility index (Phi) is 12.8. The molecule has 51 heavy (non-hydrogen) atoms. The number of hydrogen-bond acceptors (Lipinski definition) is 8. The predicted octanol–water partition coefficient (Wildman–Crippen LogP) is 1.33. The highest BCUT2D eigenvalue weighted by molar-refractivity contribution is 6.01. The number of carboxylic acids is 1. The fourth-order valence-electron chi connectivity index (χ4n) is 5.71. The van der Waals surface area contributed by atoms with Gasteiger partial charge in [-0.15, -0.1) is 0 Å². The Hall–Kier alpha value is -6.25. The molecule has 268 valence electrons. The van der Waals surface area contributed by atoms with Crippen molar-refractivity contribution in [2.45, 2.75) is 37.8 Å². The van der Waals surface area contributed by atoms with Gasteiger partial charge in [-0.2, -0.15) is 0 Å². The zero-order chi connectivity index (χ0) is 37.1. The minimum absolute atomic E-state index is 0.00155. The number of nitrogens with two attached hydrogens (primary N) is 2. The van der Waals surface area contributed by atoms with Crippen molar-refractivity contribution in [3.8, 4) is 5.75 Å². The number of hydrogen-bond donors (Lipinski definition) is 7. The summed E-state index contributed by atoms with van der Waals surface area (Å²) in [5, 5.41) is 30.1. The second kappa shape index (κ2) is 17.4. The summed E-state index contributed by atoms with van der Waals surface area (Å²) in [7, 11) is 1.53. The molecule has 1 heterocycles. The summed E-state index contributed by atoms with van der Waals surface area (Å²) in [6.07, 6.45) is 1.17. The van der Waals surface area contributed by atoms with Crippen molar-refractivity contribution in [2.24, 2.45) is 11.5 Å². The monoisotopic (exact) mass is 698 g/mol. The maximum absolute atomic E-state index is 14.3. The fourth-order valence-corrected chi connectivity index (χ4v) is 5.71. The Bertz CT molecular complexity index is 1760. The zero-order valence-corrected chi connectivity index (χ0v) is 28.2. The highest BCUT2D eigenvalue weighted by Gasteiger charge is 2.40. The number of nitrogen functional groups attached to an aromatic ring is 2. The van der Waals surface area contributed by atoms with Gasteiger partial charge >= 0.3 is 5.97 Å². The minimum Gasteiger partial charge on any atom is -0.497 e. The number of benzene rings is 3. The van der Waals surface area contributed by atoms with E-state index in [2.05, 4.69) is 10.6 Å². The first-order chi connectivity index (χ1) is 24.4. The lowest BCUT2D eigenvalue weighted by Crippen LogP contribution is -2.63. The van der Waals surface area contributed by atoms with Crippen LogP contribution in [0.2, 0.25) is 0 Å². The maximum Gasteiger partial charge on any atom is 0.323 e. The highest BCUT2D eigenvalue weighted by atomic mass is 16.5. The van der Waals surface area contributed by atoms with E-state index in [1.54, 1.807) is 48.5 Å². The molecule has 15 nitrogen and oxygen atoms in total. The third kappa shape index (κ3) is 10.1. The first kappa shape index (κ1) is 37.6. The van der Waals surface area contributed by atoms with Crippen molar-refractivity contribution >= 4 is 41.3 Å². The molecule has 1 fully saturated rings. The summed E-state index contributed by atoms with van der Waals surface area (Å²) in [4.78, 5) is 68.1. The summed E-state index contributed by atoms with van der Waals surface area (Å²) in [5.41, 5.74) is 13.3. The van der Waals surface area contributed by atoms with Crippen LogP contribution >= 0.6 is 0 Å². The Morgan fingerprint density at radius 2 is 1.39 bits per heavy atom. The number of carboxylic acid groups (broad SMARTS) is 1. The molecular formula is C36H42N8O7. The number of piperazine rings is 1. The van der Waals surface area contributed by atoms with Crippen LogP contribution in [0.25, 0.3) is 0 Å². The summed E-state index contributed by atoms with van der Waals surface area (Å²) in [6.45, 7) is -0.183. The quantitative estimate of drug-likeness (QED) is 0.0647. The fraction of sp³-hybridized carbons (Fsp3) is 0.306. The van der Waals surface area contributed by atoms with Gasteiger partial charge in [0.25, 0.3) is 11.8 Å². The van der Waals surface area contributed by atoms with E-state index in [0.29, 0.717) is 35.3 Å². The molecule has 3 aromatic carbocycles. The second-order valence-electron chi connectivity index (χ2n) is 12.0. The second-order valence-corrected chi connectivity index (χ2v) is 12.0. The highest BCUT2D eigenvalue weighted by Crippen LogP contribution is 2.21. The summed E-state index contributed by atoms with van der Waals surface area (Å²) >= 11 is 0. The van der Waals surface area contributed by atoms with E-state index in [9.17, 15) is 29.1 Å². The number of amidine groups is 2. The topological polar surface area (TPSA) is 245 Å². The van der Waals surface area contributed by atoms with Gasteiger partial charge in [0.15, 0.2) is 0 Å². The molecule has 1 aliphatic rings. The maximum atomic E-state index is 14.3. The molecule has 0 spiro atoms. The van der Waals surface area contributed by atoms with E-state index >= 15 is 0 Å². The average Bonchev–Trinajstić information content (AvgIpc) is 3.12. The molecule has 3 aromatic rings. The minimum atomic E-state index is -1.18. The van der Waals surface area contributed by atoms with Crippen LogP contribution in [0.5, 0.6) is 5.75 Å². The molecule has 4 rings (SSSR count). The molecule has 0 radical (unpaired) electrons. The van der Waals surface area contributed by atoms with E-state index in [1.165, 1.54) is 41.2 Å². The van der Waals surface area contributed by atoms with Crippen LogP contribution in [0.4, 0.5) is 0 Å². The average molecular weight is 699 g/mol.